The predicted octanol–water partition coefficient (Wildman–Crippen LogP) is -0.758. The number of amides is 1. The van der Waals surface area contributed by atoms with Crippen LogP contribution in [0.15, 0.2) is 12.1 Å². The summed E-state index contributed by atoms with van der Waals surface area (Å²) in [5, 5.41) is -0.0200. The third kappa shape index (κ3) is 5.09. The zero-order chi connectivity index (χ0) is 17.7. The molecule has 1 atom stereocenters. The molecule has 142 valence electrons. The first kappa shape index (κ1) is 21.7. The third-order valence-electron chi connectivity index (χ3n) is 3.94. The fourth-order valence-electron chi connectivity index (χ4n) is 2.77. The molecule has 1 unspecified atom stereocenters. The van der Waals surface area contributed by atoms with Gasteiger partial charge in [-0.25, -0.2) is 0 Å². The summed E-state index contributed by atoms with van der Waals surface area (Å²) in [6, 6.07) is 3.85. The van der Waals surface area contributed by atoms with E-state index in [0.29, 0.717) is 23.0 Å². The van der Waals surface area contributed by atoms with Crippen molar-refractivity contribution in [3.63, 3.8) is 0 Å². The summed E-state index contributed by atoms with van der Waals surface area (Å²) < 4.78 is 16.2. The lowest BCUT2D eigenvalue weighted by molar-refractivity contribution is -0.128. The summed E-state index contributed by atoms with van der Waals surface area (Å²) in [7, 11) is 8.86. The molecule has 0 bridgehead atoms. The monoisotopic (exact) mass is 389 g/mol. The Bertz CT molecular complexity index is 561. The molecular formula is C17H26ClN2O4S-. The van der Waals surface area contributed by atoms with E-state index in [1.54, 1.807) is 33.1 Å². The van der Waals surface area contributed by atoms with Gasteiger partial charge in [0.05, 0.1) is 27.1 Å². The Kier molecular flexibility index (Phi) is 8.68. The Labute approximate surface area is 160 Å². The van der Waals surface area contributed by atoms with Gasteiger partial charge in [0, 0.05) is 6.54 Å². The summed E-state index contributed by atoms with van der Waals surface area (Å²) in [5.74, 6) is 2.47. The van der Waals surface area contributed by atoms with Crippen molar-refractivity contribution in [1.29, 1.82) is 0 Å². The fraction of sp³-hybridized carbons (Fsp3) is 0.588. The van der Waals surface area contributed by atoms with Crippen LogP contribution in [-0.2, 0) is 4.79 Å². The van der Waals surface area contributed by atoms with Gasteiger partial charge in [-0.3, -0.25) is 4.79 Å². The van der Waals surface area contributed by atoms with Crippen molar-refractivity contribution in [3.8, 4) is 17.2 Å². The van der Waals surface area contributed by atoms with Crippen LogP contribution >= 0.6 is 11.8 Å². The molecule has 1 aliphatic heterocycles. The molecule has 1 heterocycles. The van der Waals surface area contributed by atoms with Gasteiger partial charge in [-0.05, 0) is 44.8 Å². The van der Waals surface area contributed by atoms with Gasteiger partial charge in [-0.2, -0.15) is 0 Å². The topological polar surface area (TPSA) is 51.2 Å². The summed E-state index contributed by atoms with van der Waals surface area (Å²) in [5.41, 5.74) is 0.991. The highest BCUT2D eigenvalue weighted by molar-refractivity contribution is 8.00. The van der Waals surface area contributed by atoms with Crippen molar-refractivity contribution in [1.82, 2.24) is 9.80 Å². The van der Waals surface area contributed by atoms with Crippen LogP contribution in [0.25, 0.3) is 0 Å². The highest BCUT2D eigenvalue weighted by atomic mass is 35.5. The SMILES string of the molecule is COc1cc(C2SCC(=O)N2CCCN(C)C)cc(OC)c1OC.[Cl-]. The quantitative estimate of drug-likeness (QED) is 0.582. The molecule has 1 fully saturated rings. The van der Waals surface area contributed by atoms with E-state index in [4.69, 9.17) is 14.2 Å². The first-order chi connectivity index (χ1) is 11.5. The number of benzene rings is 1. The Hall–Kier alpha value is -1.31. The van der Waals surface area contributed by atoms with Crippen LogP contribution in [0.5, 0.6) is 17.2 Å². The van der Waals surface area contributed by atoms with E-state index in [1.165, 1.54) is 0 Å². The number of carbonyl (C=O) groups is 1. The molecule has 1 aromatic rings. The number of nitrogens with zero attached hydrogens (tertiary/aromatic N) is 2. The summed E-state index contributed by atoms with van der Waals surface area (Å²) in [6.45, 7) is 1.70. The van der Waals surface area contributed by atoms with Gasteiger partial charge >= 0.3 is 0 Å². The molecule has 0 aliphatic carbocycles. The maximum atomic E-state index is 12.3. The van der Waals surface area contributed by atoms with Gasteiger partial charge in [0.2, 0.25) is 11.7 Å². The molecule has 1 aliphatic rings. The Morgan fingerprint density at radius 2 is 1.76 bits per heavy atom. The van der Waals surface area contributed by atoms with Crippen molar-refractivity contribution in [2.24, 2.45) is 0 Å². The fourth-order valence-corrected chi connectivity index (χ4v) is 3.97. The molecule has 2 rings (SSSR count). The molecule has 8 heteroatoms. The standard InChI is InChI=1S/C17H26N2O4S.ClH/c1-18(2)7-6-8-19-15(20)11-24-17(19)12-9-13(21-3)16(23-5)14(10-12)22-4;/h9-10,17H,6-8,11H2,1-5H3;1H/p-1. The van der Waals surface area contributed by atoms with Crippen molar-refractivity contribution in [2.45, 2.75) is 11.8 Å². The highest BCUT2D eigenvalue weighted by Crippen LogP contribution is 2.45. The first-order valence-corrected chi connectivity index (χ1v) is 8.92. The van der Waals surface area contributed by atoms with Gasteiger partial charge in [0.1, 0.15) is 5.37 Å². The number of hydrogen-bond donors (Lipinski definition) is 0. The predicted molar refractivity (Wildman–Crippen MR) is 96.2 cm³/mol. The average molecular weight is 390 g/mol. The molecule has 1 saturated heterocycles. The first-order valence-electron chi connectivity index (χ1n) is 7.87. The second-order valence-corrected chi connectivity index (χ2v) is 6.93. The number of hydrogen-bond acceptors (Lipinski definition) is 6. The average Bonchev–Trinajstić information content (AvgIpc) is 2.94. The molecule has 0 spiro atoms. The molecule has 0 saturated carbocycles. The maximum absolute atomic E-state index is 12.3. The normalized spacial score (nSPS) is 16.8. The molecule has 25 heavy (non-hydrogen) atoms. The van der Waals surface area contributed by atoms with Gasteiger partial charge < -0.3 is 36.4 Å². The van der Waals surface area contributed by atoms with Gasteiger partial charge in [-0.1, -0.05) is 0 Å². The molecule has 0 radical (unpaired) electrons. The lowest BCUT2D eigenvalue weighted by atomic mass is 10.1. The summed E-state index contributed by atoms with van der Waals surface area (Å²) >= 11 is 1.63. The molecule has 0 aromatic heterocycles. The van der Waals surface area contributed by atoms with Crippen LogP contribution in [0, 0.1) is 0 Å². The van der Waals surface area contributed by atoms with E-state index < -0.39 is 0 Å². The van der Waals surface area contributed by atoms with Crippen molar-refractivity contribution in [3.05, 3.63) is 17.7 Å². The van der Waals surface area contributed by atoms with E-state index >= 15 is 0 Å². The van der Waals surface area contributed by atoms with E-state index in [2.05, 4.69) is 4.90 Å². The molecule has 0 N–H and O–H groups in total. The van der Waals surface area contributed by atoms with Crippen LogP contribution in [0.1, 0.15) is 17.4 Å². The van der Waals surface area contributed by atoms with Gasteiger partial charge in [0.15, 0.2) is 11.5 Å². The smallest absolute Gasteiger partial charge is 0.233 e. The molecular weight excluding hydrogens is 364 g/mol. The second-order valence-electron chi connectivity index (χ2n) is 5.87. The second kappa shape index (κ2) is 9.99. The highest BCUT2D eigenvalue weighted by Gasteiger charge is 2.33. The van der Waals surface area contributed by atoms with Crippen molar-refractivity contribution < 1.29 is 31.4 Å². The Morgan fingerprint density at radius 3 is 2.24 bits per heavy atom. The number of ether oxygens (including phenoxy) is 3. The van der Waals surface area contributed by atoms with Crippen molar-refractivity contribution >= 4 is 17.7 Å². The van der Waals surface area contributed by atoms with Crippen LogP contribution in [-0.4, -0.2) is 70.0 Å². The largest absolute Gasteiger partial charge is 1.00 e. The minimum atomic E-state index is -0.0200. The zero-order valence-electron chi connectivity index (χ0n) is 15.4. The van der Waals surface area contributed by atoms with Crippen LogP contribution in [0.3, 0.4) is 0 Å². The summed E-state index contributed by atoms with van der Waals surface area (Å²) in [4.78, 5) is 16.3. The number of halogens is 1. The Balaban J connectivity index is 0.00000312. The minimum absolute atomic E-state index is 0. The molecule has 1 amide bonds. The lowest BCUT2D eigenvalue weighted by Crippen LogP contribution is -3.00. The maximum Gasteiger partial charge on any atom is 0.233 e. The molecule has 6 nitrogen and oxygen atoms in total. The number of rotatable bonds is 8. The van der Waals surface area contributed by atoms with Crippen LogP contribution in [0.2, 0.25) is 0 Å². The van der Waals surface area contributed by atoms with E-state index in [9.17, 15) is 4.79 Å². The van der Waals surface area contributed by atoms with E-state index in [0.717, 1.165) is 25.1 Å². The zero-order valence-corrected chi connectivity index (χ0v) is 16.9. The van der Waals surface area contributed by atoms with Crippen LogP contribution < -0.4 is 26.6 Å². The number of thioether (sulfide) groups is 1. The van der Waals surface area contributed by atoms with Gasteiger partial charge in [-0.15, -0.1) is 11.8 Å². The lowest BCUT2D eigenvalue weighted by Gasteiger charge is -2.26. The molecule has 1 aromatic carbocycles. The number of methoxy groups -OCH3 is 3. The van der Waals surface area contributed by atoms with Gasteiger partial charge in [0.25, 0.3) is 0 Å². The summed E-state index contributed by atoms with van der Waals surface area (Å²) in [6.07, 6.45) is 0.945. The van der Waals surface area contributed by atoms with E-state index in [1.807, 2.05) is 31.1 Å². The van der Waals surface area contributed by atoms with Crippen molar-refractivity contribution in [2.75, 3.05) is 54.3 Å². The third-order valence-corrected chi connectivity index (χ3v) is 5.20. The minimum Gasteiger partial charge on any atom is -1.00 e. The number of carbonyl (C=O) groups excluding carboxylic acids is 1. The Morgan fingerprint density at radius 1 is 1.16 bits per heavy atom. The van der Waals surface area contributed by atoms with Crippen LogP contribution in [0.4, 0.5) is 0 Å². The van der Waals surface area contributed by atoms with E-state index in [-0.39, 0.29) is 23.7 Å².